The third-order valence-corrected chi connectivity index (χ3v) is 3.19. The minimum Gasteiger partial charge on any atom is -0.302 e. The molecule has 0 unspecified atom stereocenters. The van der Waals surface area contributed by atoms with Crippen LogP contribution in [-0.2, 0) is 10.2 Å². The molecule has 0 spiro atoms. The molecule has 0 radical (unpaired) electrons. The van der Waals surface area contributed by atoms with Gasteiger partial charge < -0.3 is 5.32 Å². The zero-order chi connectivity index (χ0) is 13.3. The van der Waals surface area contributed by atoms with Gasteiger partial charge >= 0.3 is 0 Å². The fraction of sp³-hybridized carbons (Fsp3) is 0.455. The maximum atomic E-state index is 11.1. The van der Waals surface area contributed by atoms with Gasteiger partial charge in [0.2, 0.25) is 5.91 Å². The molecule has 0 saturated carbocycles. The number of thiazole rings is 1. The lowest BCUT2D eigenvalue weighted by Crippen LogP contribution is -2.15. The van der Waals surface area contributed by atoms with E-state index in [9.17, 15) is 4.79 Å². The molecular formula is C11H15N5OS. The minimum atomic E-state index is -0.130. The number of rotatable bonds is 2. The lowest BCUT2D eigenvalue weighted by molar-refractivity contribution is -0.114. The number of aromatic nitrogens is 4. The number of carbonyl (C=O) groups is 1. The van der Waals surface area contributed by atoms with Crippen LogP contribution in [0.4, 0.5) is 5.13 Å². The van der Waals surface area contributed by atoms with Crippen LogP contribution in [0.2, 0.25) is 0 Å². The van der Waals surface area contributed by atoms with Crippen molar-refractivity contribution in [1.82, 2.24) is 19.7 Å². The molecule has 0 atom stereocenters. The van der Waals surface area contributed by atoms with E-state index in [-0.39, 0.29) is 11.3 Å². The molecule has 0 saturated heterocycles. The highest BCUT2D eigenvalue weighted by Crippen LogP contribution is 2.34. The molecule has 0 aromatic carbocycles. The molecule has 6 nitrogen and oxygen atoms in total. The number of nitrogens with one attached hydrogen (secondary N) is 1. The highest BCUT2D eigenvalue weighted by molar-refractivity contribution is 7.18. The third-order valence-electron chi connectivity index (χ3n) is 2.23. The molecule has 0 aliphatic heterocycles. The maximum Gasteiger partial charge on any atom is 0.223 e. The molecule has 0 aliphatic rings. The lowest BCUT2D eigenvalue weighted by Gasteiger charge is -2.16. The molecule has 2 heterocycles. The van der Waals surface area contributed by atoms with Crippen molar-refractivity contribution in [2.24, 2.45) is 0 Å². The van der Waals surface area contributed by atoms with Crippen LogP contribution in [0, 0.1) is 0 Å². The number of hydrogen-bond acceptors (Lipinski definition) is 5. The van der Waals surface area contributed by atoms with E-state index in [4.69, 9.17) is 0 Å². The second-order valence-electron chi connectivity index (χ2n) is 4.94. The van der Waals surface area contributed by atoms with Crippen molar-refractivity contribution < 1.29 is 4.79 Å². The summed E-state index contributed by atoms with van der Waals surface area (Å²) in [6.07, 6.45) is 3.10. The molecule has 2 aromatic rings. The molecule has 18 heavy (non-hydrogen) atoms. The van der Waals surface area contributed by atoms with E-state index < -0.39 is 0 Å². The summed E-state index contributed by atoms with van der Waals surface area (Å²) in [7, 11) is 0. The fourth-order valence-electron chi connectivity index (χ4n) is 1.47. The molecule has 0 aliphatic carbocycles. The zero-order valence-electron chi connectivity index (χ0n) is 10.8. The zero-order valence-corrected chi connectivity index (χ0v) is 11.6. The van der Waals surface area contributed by atoms with Crippen molar-refractivity contribution in [2.45, 2.75) is 33.1 Å². The Morgan fingerprint density at radius 3 is 2.67 bits per heavy atom. The number of nitrogens with zero attached hydrogens (tertiary/aromatic N) is 4. The quantitative estimate of drug-likeness (QED) is 0.901. The van der Waals surface area contributed by atoms with Crippen LogP contribution in [0.3, 0.4) is 0 Å². The topological polar surface area (TPSA) is 72.7 Å². The lowest BCUT2D eigenvalue weighted by atomic mass is 9.92. The first kappa shape index (κ1) is 12.7. The Balaban J connectivity index is 2.49. The van der Waals surface area contributed by atoms with Gasteiger partial charge in [-0.2, -0.15) is 5.10 Å². The summed E-state index contributed by atoms with van der Waals surface area (Å²) < 4.78 is 1.67. The van der Waals surface area contributed by atoms with Gasteiger partial charge in [-0.05, 0) is 0 Å². The Morgan fingerprint density at radius 2 is 2.17 bits per heavy atom. The average molecular weight is 265 g/mol. The van der Waals surface area contributed by atoms with Gasteiger partial charge in [-0.1, -0.05) is 32.1 Å². The summed E-state index contributed by atoms with van der Waals surface area (Å²) in [6.45, 7) is 7.67. The highest BCUT2D eigenvalue weighted by Gasteiger charge is 2.25. The predicted molar refractivity (Wildman–Crippen MR) is 70.0 cm³/mol. The monoisotopic (exact) mass is 265 g/mol. The smallest absolute Gasteiger partial charge is 0.223 e. The Bertz CT molecular complexity index is 552. The van der Waals surface area contributed by atoms with Crippen LogP contribution >= 0.6 is 11.3 Å². The predicted octanol–water partition coefficient (Wildman–Crippen LogP) is 1.98. The van der Waals surface area contributed by atoms with Crippen molar-refractivity contribution in [1.29, 1.82) is 0 Å². The van der Waals surface area contributed by atoms with E-state index in [0.717, 1.165) is 10.7 Å². The molecule has 0 fully saturated rings. The first-order valence-electron chi connectivity index (χ1n) is 5.52. The minimum absolute atomic E-state index is 0.130. The summed E-state index contributed by atoms with van der Waals surface area (Å²) >= 11 is 1.39. The van der Waals surface area contributed by atoms with E-state index >= 15 is 0 Å². The van der Waals surface area contributed by atoms with Gasteiger partial charge in [-0.3, -0.25) is 4.79 Å². The Kier molecular flexibility index (Phi) is 3.16. The molecule has 2 aromatic heterocycles. The number of anilines is 1. The van der Waals surface area contributed by atoms with E-state index in [1.807, 2.05) is 0 Å². The highest BCUT2D eigenvalue weighted by atomic mass is 32.1. The van der Waals surface area contributed by atoms with Crippen molar-refractivity contribution in [3.63, 3.8) is 0 Å². The van der Waals surface area contributed by atoms with Crippen molar-refractivity contribution in [2.75, 3.05) is 5.32 Å². The normalized spacial score (nSPS) is 11.6. The van der Waals surface area contributed by atoms with Gasteiger partial charge in [0.15, 0.2) is 5.13 Å². The summed E-state index contributed by atoms with van der Waals surface area (Å²) in [5.41, 5.74) is 0.760. The first-order valence-corrected chi connectivity index (χ1v) is 6.33. The Labute approximate surface area is 109 Å². The van der Waals surface area contributed by atoms with Crippen LogP contribution in [0.25, 0.3) is 5.00 Å². The fourth-order valence-corrected chi connectivity index (χ4v) is 2.62. The summed E-state index contributed by atoms with van der Waals surface area (Å²) in [6, 6.07) is 0. The molecule has 7 heteroatoms. The third kappa shape index (κ3) is 2.56. The van der Waals surface area contributed by atoms with Gasteiger partial charge in [0.05, 0.1) is 5.69 Å². The Morgan fingerprint density at radius 1 is 1.44 bits per heavy atom. The maximum absolute atomic E-state index is 11.1. The van der Waals surface area contributed by atoms with Crippen molar-refractivity contribution in [3.05, 3.63) is 18.3 Å². The first-order chi connectivity index (χ1) is 8.38. The number of amides is 1. The Hall–Kier alpha value is -1.76. The average Bonchev–Trinajstić information content (AvgIpc) is 2.81. The molecule has 2 rings (SSSR count). The van der Waals surface area contributed by atoms with Gasteiger partial charge in [0, 0.05) is 12.3 Å². The van der Waals surface area contributed by atoms with Gasteiger partial charge in [0.1, 0.15) is 17.7 Å². The molecule has 0 bridgehead atoms. The summed E-state index contributed by atoms with van der Waals surface area (Å²) in [5.74, 6) is -0.130. The molecule has 1 N–H and O–H groups in total. The number of carbonyl (C=O) groups excluding carboxylic acids is 1. The van der Waals surface area contributed by atoms with Crippen LogP contribution in [-0.4, -0.2) is 25.7 Å². The van der Waals surface area contributed by atoms with Crippen molar-refractivity contribution >= 4 is 22.4 Å². The summed E-state index contributed by atoms with van der Waals surface area (Å²) in [5, 5.41) is 8.28. The number of hydrogen-bond donors (Lipinski definition) is 1. The molecule has 1 amide bonds. The van der Waals surface area contributed by atoms with Crippen LogP contribution in [0.15, 0.2) is 12.7 Å². The van der Waals surface area contributed by atoms with Gasteiger partial charge in [0.25, 0.3) is 0 Å². The largest absolute Gasteiger partial charge is 0.302 e. The van der Waals surface area contributed by atoms with E-state index in [1.165, 1.54) is 24.6 Å². The van der Waals surface area contributed by atoms with Gasteiger partial charge in [-0.15, -0.1) is 0 Å². The second-order valence-corrected chi connectivity index (χ2v) is 5.92. The standard InChI is InChI=1S/C11H15N5OS/c1-7(17)14-10-15-8(11(2,3)4)9(18-10)16-6-12-5-13-16/h5-6H,1-4H3,(H,14,15,17). The van der Waals surface area contributed by atoms with E-state index in [1.54, 1.807) is 11.0 Å². The SMILES string of the molecule is CC(=O)Nc1nc(C(C)(C)C)c(-n2cncn2)s1. The van der Waals surface area contributed by atoms with Crippen LogP contribution in [0.1, 0.15) is 33.4 Å². The van der Waals surface area contributed by atoms with E-state index in [2.05, 4.69) is 41.2 Å². The molecular weight excluding hydrogens is 250 g/mol. The second kappa shape index (κ2) is 4.49. The molecule has 96 valence electrons. The van der Waals surface area contributed by atoms with Gasteiger partial charge in [-0.25, -0.2) is 14.6 Å². The van der Waals surface area contributed by atoms with Crippen LogP contribution < -0.4 is 5.32 Å². The summed E-state index contributed by atoms with van der Waals surface area (Å²) in [4.78, 5) is 19.5. The van der Waals surface area contributed by atoms with Crippen LogP contribution in [0.5, 0.6) is 0 Å². The van der Waals surface area contributed by atoms with E-state index in [0.29, 0.717) is 5.13 Å². The van der Waals surface area contributed by atoms with Crippen molar-refractivity contribution in [3.8, 4) is 5.00 Å².